The van der Waals surface area contributed by atoms with Crippen LogP contribution in [0.1, 0.15) is 30.7 Å². The first-order chi connectivity index (χ1) is 8.48. The zero-order valence-corrected chi connectivity index (χ0v) is 12.9. The lowest BCUT2D eigenvalue weighted by Crippen LogP contribution is -2.44. The van der Waals surface area contributed by atoms with Crippen molar-refractivity contribution < 1.29 is 12.9 Å². The van der Waals surface area contributed by atoms with Crippen LogP contribution in [0.4, 0.5) is 0 Å². The normalized spacial score (nSPS) is 22.3. The molecule has 0 spiro atoms. The van der Waals surface area contributed by atoms with Crippen LogP contribution < -0.4 is 0 Å². The zero-order valence-electron chi connectivity index (χ0n) is 10.5. The Hall–Kier alpha value is -0.400. The van der Waals surface area contributed by atoms with Crippen LogP contribution in [0, 0.1) is 13.8 Å². The van der Waals surface area contributed by atoms with Gasteiger partial charge in [0.2, 0.25) is 10.0 Å². The third-order valence-electron chi connectivity index (χ3n) is 3.29. The molecule has 1 aromatic rings. The van der Waals surface area contributed by atoms with Gasteiger partial charge < -0.3 is 4.52 Å². The van der Waals surface area contributed by atoms with E-state index < -0.39 is 10.0 Å². The van der Waals surface area contributed by atoms with E-state index in [4.69, 9.17) is 4.52 Å². The van der Waals surface area contributed by atoms with Gasteiger partial charge in [0.05, 0.1) is 0 Å². The molecule has 1 atom stereocenters. The molecule has 1 saturated heterocycles. The number of aryl methyl sites for hydroxylation is 2. The molecule has 0 saturated carbocycles. The molecule has 0 amide bonds. The zero-order chi connectivity index (χ0) is 13.3. The molecule has 1 aliphatic heterocycles. The lowest BCUT2D eigenvalue weighted by molar-refractivity contribution is 0.273. The first-order valence-electron chi connectivity index (χ1n) is 5.99. The quantitative estimate of drug-likeness (QED) is 0.794. The molecule has 2 heterocycles. The molecule has 1 aromatic heterocycles. The van der Waals surface area contributed by atoms with Crippen molar-refractivity contribution in [3.05, 3.63) is 11.5 Å². The van der Waals surface area contributed by atoms with Crippen molar-refractivity contribution in [3.8, 4) is 0 Å². The highest BCUT2D eigenvalue weighted by Crippen LogP contribution is 2.29. The van der Waals surface area contributed by atoms with Crippen molar-refractivity contribution in [2.24, 2.45) is 0 Å². The van der Waals surface area contributed by atoms with Gasteiger partial charge in [-0.15, -0.1) is 0 Å². The van der Waals surface area contributed by atoms with Gasteiger partial charge >= 0.3 is 0 Å². The summed E-state index contributed by atoms with van der Waals surface area (Å²) in [5.74, 6) is 0.367. The standard InChI is InChI=1S/C11H17BrN2O3S/c1-8-11(9(2)17-13-8)18(15,16)14-6-4-3-5-10(14)7-12/h10H,3-7H2,1-2H3. The predicted octanol–water partition coefficient (Wildman–Crippen LogP) is 2.23. The number of sulfonamides is 1. The van der Waals surface area contributed by atoms with Gasteiger partial charge in [-0.25, -0.2) is 8.42 Å². The van der Waals surface area contributed by atoms with E-state index in [1.54, 1.807) is 18.2 Å². The van der Waals surface area contributed by atoms with E-state index in [-0.39, 0.29) is 10.9 Å². The summed E-state index contributed by atoms with van der Waals surface area (Å²) in [5, 5.41) is 4.40. The summed E-state index contributed by atoms with van der Waals surface area (Å²) in [7, 11) is -3.49. The molecule has 7 heteroatoms. The number of hydrogen-bond donors (Lipinski definition) is 0. The fourth-order valence-corrected chi connectivity index (χ4v) is 5.26. The monoisotopic (exact) mass is 336 g/mol. The molecule has 0 aliphatic carbocycles. The van der Waals surface area contributed by atoms with E-state index in [1.165, 1.54) is 0 Å². The third-order valence-corrected chi connectivity index (χ3v) is 6.23. The molecule has 0 aromatic carbocycles. The van der Waals surface area contributed by atoms with E-state index in [2.05, 4.69) is 21.1 Å². The first kappa shape index (κ1) is 14.0. The van der Waals surface area contributed by atoms with E-state index >= 15 is 0 Å². The molecule has 1 fully saturated rings. The summed E-state index contributed by atoms with van der Waals surface area (Å²) < 4.78 is 31.9. The lowest BCUT2D eigenvalue weighted by Gasteiger charge is -2.33. The Morgan fingerprint density at radius 2 is 2.17 bits per heavy atom. The fraction of sp³-hybridized carbons (Fsp3) is 0.727. The lowest BCUT2D eigenvalue weighted by atomic mass is 10.1. The molecule has 0 bridgehead atoms. The van der Waals surface area contributed by atoms with Gasteiger partial charge in [-0.1, -0.05) is 27.5 Å². The van der Waals surface area contributed by atoms with E-state index in [9.17, 15) is 8.42 Å². The van der Waals surface area contributed by atoms with Crippen LogP contribution >= 0.6 is 15.9 Å². The number of halogens is 1. The SMILES string of the molecule is Cc1noc(C)c1S(=O)(=O)N1CCCCC1CBr. The number of nitrogens with zero attached hydrogens (tertiary/aromatic N) is 2. The Labute approximate surface area is 116 Å². The van der Waals surface area contributed by atoms with Crippen molar-refractivity contribution in [3.63, 3.8) is 0 Å². The summed E-state index contributed by atoms with van der Waals surface area (Å²) in [6.45, 7) is 3.87. The molecular weight excluding hydrogens is 320 g/mol. The van der Waals surface area contributed by atoms with Crippen LogP contribution in [0.15, 0.2) is 9.42 Å². The minimum atomic E-state index is -3.49. The molecule has 102 valence electrons. The first-order valence-corrected chi connectivity index (χ1v) is 8.55. The summed E-state index contributed by atoms with van der Waals surface area (Å²) in [5.41, 5.74) is 0.436. The summed E-state index contributed by atoms with van der Waals surface area (Å²) in [4.78, 5) is 0.232. The second kappa shape index (κ2) is 5.30. The van der Waals surface area contributed by atoms with Crippen LogP contribution in [0.5, 0.6) is 0 Å². The number of alkyl halides is 1. The average molecular weight is 337 g/mol. The smallest absolute Gasteiger partial charge is 0.248 e. The fourth-order valence-electron chi connectivity index (χ4n) is 2.40. The molecular formula is C11H17BrN2O3S. The maximum Gasteiger partial charge on any atom is 0.248 e. The summed E-state index contributed by atoms with van der Waals surface area (Å²) >= 11 is 3.40. The van der Waals surface area contributed by atoms with Crippen molar-refractivity contribution in [1.82, 2.24) is 9.46 Å². The number of piperidine rings is 1. The second-order valence-corrected chi connectivity index (χ2v) is 7.05. The topological polar surface area (TPSA) is 63.4 Å². The van der Waals surface area contributed by atoms with E-state index in [1.807, 2.05) is 0 Å². The largest absolute Gasteiger partial charge is 0.360 e. The Balaban J connectivity index is 2.41. The van der Waals surface area contributed by atoms with Gasteiger partial charge in [-0.2, -0.15) is 4.31 Å². The third kappa shape index (κ3) is 2.35. The van der Waals surface area contributed by atoms with Gasteiger partial charge in [0.25, 0.3) is 0 Å². The number of rotatable bonds is 3. The predicted molar refractivity (Wildman–Crippen MR) is 71.3 cm³/mol. The van der Waals surface area contributed by atoms with Gasteiger partial charge in [0, 0.05) is 17.9 Å². The Morgan fingerprint density at radius 1 is 1.44 bits per heavy atom. The van der Waals surface area contributed by atoms with E-state index in [0.29, 0.717) is 23.3 Å². The van der Waals surface area contributed by atoms with Crippen LogP contribution in [-0.2, 0) is 10.0 Å². The van der Waals surface area contributed by atoms with Crippen molar-refractivity contribution >= 4 is 26.0 Å². The van der Waals surface area contributed by atoms with Crippen LogP contribution in [0.2, 0.25) is 0 Å². The maximum atomic E-state index is 12.7. The molecule has 18 heavy (non-hydrogen) atoms. The van der Waals surface area contributed by atoms with Crippen molar-refractivity contribution in [2.75, 3.05) is 11.9 Å². The minimum absolute atomic E-state index is 0.0254. The second-order valence-electron chi connectivity index (χ2n) is 4.57. The number of hydrogen-bond acceptors (Lipinski definition) is 4. The molecule has 2 rings (SSSR count). The Morgan fingerprint density at radius 3 is 2.72 bits per heavy atom. The summed E-state index contributed by atoms with van der Waals surface area (Å²) in [6, 6.07) is 0.0254. The highest BCUT2D eigenvalue weighted by molar-refractivity contribution is 9.09. The van der Waals surface area contributed by atoms with Gasteiger partial charge in [-0.05, 0) is 26.7 Å². The Bertz CT molecular complexity index is 507. The summed E-state index contributed by atoms with van der Waals surface area (Å²) in [6.07, 6.45) is 2.88. The van der Waals surface area contributed by atoms with Gasteiger partial charge in [0.15, 0.2) is 5.76 Å². The van der Waals surface area contributed by atoms with Crippen LogP contribution in [0.3, 0.4) is 0 Å². The molecule has 1 aliphatic rings. The average Bonchev–Trinajstić information content (AvgIpc) is 2.69. The molecule has 0 N–H and O–H groups in total. The van der Waals surface area contributed by atoms with Gasteiger partial charge in [-0.3, -0.25) is 0 Å². The molecule has 1 unspecified atom stereocenters. The molecule has 0 radical (unpaired) electrons. The van der Waals surface area contributed by atoms with Gasteiger partial charge in [0.1, 0.15) is 10.6 Å². The highest BCUT2D eigenvalue weighted by Gasteiger charge is 2.36. The van der Waals surface area contributed by atoms with Crippen LogP contribution in [0.25, 0.3) is 0 Å². The maximum absolute atomic E-state index is 12.7. The molecule has 5 nitrogen and oxygen atoms in total. The van der Waals surface area contributed by atoms with Crippen molar-refractivity contribution in [2.45, 2.75) is 44.0 Å². The minimum Gasteiger partial charge on any atom is -0.360 e. The van der Waals surface area contributed by atoms with E-state index in [0.717, 1.165) is 19.3 Å². The number of aromatic nitrogens is 1. The van der Waals surface area contributed by atoms with Crippen LogP contribution in [-0.4, -0.2) is 35.8 Å². The van der Waals surface area contributed by atoms with Crippen molar-refractivity contribution in [1.29, 1.82) is 0 Å². The highest BCUT2D eigenvalue weighted by atomic mass is 79.9. The Kier molecular flexibility index (Phi) is 4.13.